The van der Waals surface area contributed by atoms with E-state index in [2.05, 4.69) is 50.8 Å². The highest BCUT2D eigenvalue weighted by Gasteiger charge is 2.63. The number of carbonyl (C=O) groups is 8. The van der Waals surface area contributed by atoms with Gasteiger partial charge in [0.2, 0.25) is 11.8 Å². The van der Waals surface area contributed by atoms with Crippen LogP contribution in [0.25, 0.3) is 44.6 Å². The van der Waals surface area contributed by atoms with Gasteiger partial charge in [-0.25, -0.2) is 15.0 Å². The number of rotatable bonds is 26. The molecule has 0 radical (unpaired) electrons. The van der Waals surface area contributed by atoms with Crippen molar-refractivity contribution in [2.45, 2.75) is 223 Å². The summed E-state index contributed by atoms with van der Waals surface area (Å²) in [6.45, 7) is 30.0. The molecule has 6 saturated carbocycles. The lowest BCUT2D eigenvalue weighted by atomic mass is 9.77. The molecule has 618 valence electrons. The van der Waals surface area contributed by atoms with E-state index < -0.39 is 63.6 Å². The minimum absolute atomic E-state index is 0. The van der Waals surface area contributed by atoms with Crippen molar-refractivity contribution >= 4 is 115 Å². The maximum atomic E-state index is 14.7. The molecular formula is C88H114Cl2N6O16S2. The molecule has 6 heterocycles. The number of halogens is 2. The van der Waals surface area contributed by atoms with Crippen LogP contribution in [-0.4, -0.2) is 147 Å². The predicted molar refractivity (Wildman–Crippen MR) is 444 cm³/mol. The number of H-pyrrole nitrogens is 1. The monoisotopic (exact) mass is 1640 g/mol. The van der Waals surface area contributed by atoms with Gasteiger partial charge in [0, 0.05) is 71.3 Å². The average Bonchev–Trinajstić information content (AvgIpc) is 1.57. The number of aromatic amines is 1. The van der Waals surface area contributed by atoms with Crippen molar-refractivity contribution in [3.63, 3.8) is 0 Å². The summed E-state index contributed by atoms with van der Waals surface area (Å²) in [5.41, 5.74) is 0.316. The zero-order valence-electron chi connectivity index (χ0n) is 66.6. The lowest BCUT2D eigenvalue weighted by molar-refractivity contribution is -0.157. The van der Waals surface area contributed by atoms with Gasteiger partial charge in [0.05, 0.1) is 114 Å². The van der Waals surface area contributed by atoms with Gasteiger partial charge in [0.25, 0.3) is 0 Å². The topological polar surface area (TPSA) is 290 Å². The molecule has 2 aromatic carbocycles. The number of carboxylic acids is 1. The largest absolute Gasteiger partial charge is 0.495 e. The Hall–Kier alpha value is -8.06. The number of aromatic nitrogens is 4. The van der Waals surface area contributed by atoms with Crippen molar-refractivity contribution in [2.24, 2.45) is 74.9 Å². The van der Waals surface area contributed by atoms with Gasteiger partial charge in [-0.2, -0.15) is 0 Å². The average molecular weight is 1650 g/mol. The maximum Gasteiger partial charge on any atom is 0.312 e. The number of carbonyl (C=O) groups excluding carboxylic acids is 7. The first-order valence-electron chi connectivity index (χ1n) is 39.2. The van der Waals surface area contributed by atoms with E-state index in [0.29, 0.717) is 122 Å². The van der Waals surface area contributed by atoms with Crippen LogP contribution in [0.1, 0.15) is 203 Å². The molecule has 8 aliphatic rings. The second kappa shape index (κ2) is 35.0. The van der Waals surface area contributed by atoms with E-state index in [-0.39, 0.29) is 130 Å². The van der Waals surface area contributed by atoms with Crippen LogP contribution >= 0.6 is 45.9 Å². The molecule has 6 aliphatic carbocycles. The molecule has 6 aromatic rings. The Bertz CT molecular complexity index is 4710. The minimum Gasteiger partial charge on any atom is -0.495 e. The summed E-state index contributed by atoms with van der Waals surface area (Å²) in [5.74, 6) is -0.130. The number of methoxy groups -OCH3 is 3. The third kappa shape index (κ3) is 18.8. The number of benzene rings is 2. The van der Waals surface area contributed by atoms with Gasteiger partial charge in [-0.15, -0.1) is 35.8 Å². The highest BCUT2D eigenvalue weighted by Crippen LogP contribution is 2.59. The Kier molecular flexibility index (Phi) is 27.1. The maximum absolute atomic E-state index is 14.7. The summed E-state index contributed by atoms with van der Waals surface area (Å²) in [4.78, 5) is 140. The fourth-order valence-electron chi connectivity index (χ4n) is 17.3. The fourth-order valence-corrected chi connectivity index (χ4v) is 19.6. The van der Waals surface area contributed by atoms with E-state index in [0.717, 1.165) is 41.4 Å². The number of likely N-dealkylation sites (tertiary alicyclic amines) is 2. The van der Waals surface area contributed by atoms with Crippen LogP contribution in [0.5, 0.6) is 17.2 Å². The summed E-state index contributed by atoms with van der Waals surface area (Å²) in [6, 6.07) is 8.74. The number of fused-ring (bicyclic) bond motifs is 4. The summed E-state index contributed by atoms with van der Waals surface area (Å²) >= 11 is 16.3. The van der Waals surface area contributed by atoms with Crippen molar-refractivity contribution < 1.29 is 71.9 Å². The van der Waals surface area contributed by atoms with Crippen molar-refractivity contribution in [1.29, 1.82) is 0 Å². The van der Waals surface area contributed by atoms with Gasteiger partial charge in [-0.1, -0.05) is 126 Å². The van der Waals surface area contributed by atoms with Gasteiger partial charge < -0.3 is 48.3 Å². The van der Waals surface area contributed by atoms with Gasteiger partial charge in [-0.05, 0) is 134 Å². The van der Waals surface area contributed by atoms with E-state index in [1.807, 2.05) is 59.2 Å². The van der Waals surface area contributed by atoms with Gasteiger partial charge in [0.1, 0.15) is 51.3 Å². The minimum atomic E-state index is -1.25. The number of thiazole rings is 2. The van der Waals surface area contributed by atoms with E-state index in [1.54, 1.807) is 71.9 Å². The van der Waals surface area contributed by atoms with Crippen LogP contribution in [-0.2, 0) is 52.6 Å². The smallest absolute Gasteiger partial charge is 0.312 e. The highest BCUT2D eigenvalue weighted by atomic mass is 35.5. The number of pyridine rings is 2. The summed E-state index contributed by atoms with van der Waals surface area (Å²) in [7, 11) is 4.41. The third-order valence-electron chi connectivity index (χ3n) is 24.4. The molecule has 22 nitrogen and oxygen atoms in total. The number of amides is 2. The summed E-state index contributed by atoms with van der Waals surface area (Å²) in [6.07, 6.45) is 9.80. The van der Waals surface area contributed by atoms with E-state index >= 15 is 0 Å². The number of Topliss-reactive ketones (excluding diaryl/α,β-unsaturated/α-hetero) is 2. The Morgan fingerprint density at radius 3 is 1.56 bits per heavy atom. The number of nitrogens with one attached hydrogen (secondary N) is 1. The van der Waals surface area contributed by atoms with Crippen LogP contribution < -0.4 is 19.6 Å². The molecule has 114 heavy (non-hydrogen) atoms. The molecule has 2 N–H and O–H groups in total. The summed E-state index contributed by atoms with van der Waals surface area (Å²) in [5, 5.41) is 17.9. The van der Waals surface area contributed by atoms with Crippen molar-refractivity contribution in [1.82, 2.24) is 29.7 Å². The second-order valence-corrected chi connectivity index (χ2v) is 37.8. The van der Waals surface area contributed by atoms with E-state index in [1.165, 1.54) is 43.3 Å². The molecule has 14 rings (SSSR count). The normalized spacial score (nSPS) is 26.5. The van der Waals surface area contributed by atoms with E-state index in [9.17, 15) is 48.3 Å². The molecule has 16 atom stereocenters. The number of hydrogen-bond acceptors (Lipinski definition) is 20. The quantitative estimate of drug-likeness (QED) is 0.0290. The standard InChI is InChI=1S/C42H50ClN3O8S.C28H41NO6.C16H15ClN2O2S.2CH4/c1-8-24-17-42(24,40(50)51)18-32(47)31-14-26(19-46(31)39(49)28(41(4,5)6)15-35(48)54-25-12-22-11-23(22)13-25)53-34-16-29(30-20-55-38(45-30)21(2)3)44-37-27(34)9-10-33(52-7)36(37)43;1-7-19-13-28(19,26(33)34-6)14-23(30)22-8-16(2)15-29(22)25(32)21(27(3,4)5)12-24(31)35-20-10-17-9-18(17)11-20;1-8(2)16-19-11(7-22-16)10-6-12(20)9-4-5-13(21-3)14(17)15(9)18-10;;/h8-10,16,20-26,28,31H,1,11-15,17-19H2,2-7H3,(H,50,51);7,16-22H,1,8-15H2,2-6H3;4-8H,1-3H3,(H,18,20);2*1H4/t22-,23+,24-,25?,26-,28-,31+,42-;16-,17-,18+,19+,20?,21+,22-,28+;;;/m10.../s1. The van der Waals surface area contributed by atoms with Gasteiger partial charge >= 0.3 is 23.9 Å². The molecule has 2 saturated heterocycles. The number of ether oxygens (including phenoxy) is 6. The predicted octanol–water partition coefficient (Wildman–Crippen LogP) is 17.8. The van der Waals surface area contributed by atoms with Gasteiger partial charge in [-0.3, -0.25) is 43.2 Å². The first-order chi connectivity index (χ1) is 52.9. The first-order valence-corrected chi connectivity index (χ1v) is 41.7. The molecule has 0 bridgehead atoms. The molecule has 4 aromatic heterocycles. The Labute approximate surface area is 687 Å². The first kappa shape index (κ1) is 88.3. The molecule has 2 amide bonds. The molecule has 2 unspecified atom stereocenters. The second-order valence-electron chi connectivity index (χ2n) is 35.2. The molecule has 2 aliphatic heterocycles. The van der Waals surface area contributed by atoms with Crippen molar-refractivity contribution in [3.05, 3.63) is 103 Å². The summed E-state index contributed by atoms with van der Waals surface area (Å²) < 4.78 is 34.1. The number of ketones is 2. The van der Waals surface area contributed by atoms with Crippen LogP contribution in [0.2, 0.25) is 10.0 Å². The number of nitrogens with zero attached hydrogens (tertiary/aromatic N) is 5. The number of aliphatic carboxylic acids is 1. The molecule has 8 fully saturated rings. The van der Waals surface area contributed by atoms with Crippen LogP contribution in [0.3, 0.4) is 0 Å². The van der Waals surface area contributed by atoms with Crippen LogP contribution in [0, 0.1) is 74.9 Å². The number of allylic oxidation sites excluding steroid dienone is 2. The number of carboxylic acid groups (broad SMARTS) is 1. The van der Waals surface area contributed by atoms with Gasteiger partial charge in [0.15, 0.2) is 17.0 Å². The SMILES string of the molecule is C.C.C=C[C@@H]1C[C@]1(CC(=O)[C@@H]1C[C@@H](Oc2cc(-c3csc(C(C)C)n3)nc3c(Cl)c(OC)ccc23)CN1C(=O)[C@@H](CC(=O)OC1C[C@@H]2C[C@@H]2C1)C(C)(C)C)C(=O)O.C=C[C@@H]1C[C@]1(CC(=O)[C@@H]1C[C@H](C)CN1C(=O)[C@@H](CC(=O)OC1C[C@@H]2C[C@@H]2C1)C(C)(C)C)C(=O)OC.COc1ccc2c(=O)cc(-c3csc(C(C)C)n3)[nH]c2c1Cl. The molecule has 26 heteroatoms. The van der Waals surface area contributed by atoms with Crippen LogP contribution in [0.4, 0.5) is 0 Å². The van der Waals surface area contributed by atoms with Crippen molar-refractivity contribution in [2.75, 3.05) is 34.4 Å². The Morgan fingerprint density at radius 1 is 0.614 bits per heavy atom. The zero-order valence-corrected chi connectivity index (χ0v) is 69.8. The Balaban J connectivity index is 0.000000199. The lowest BCUT2D eigenvalue weighted by Gasteiger charge is -2.35. The highest BCUT2D eigenvalue weighted by molar-refractivity contribution is 7.10. The van der Waals surface area contributed by atoms with Crippen LogP contribution in [0.15, 0.2) is 77.3 Å². The third-order valence-corrected chi connectivity index (χ3v) is 27.4. The van der Waals surface area contributed by atoms with E-state index in [4.69, 9.17) is 61.6 Å². The molecule has 0 spiro atoms. The number of esters is 3. The fraction of sp³-hybridized carbons (Fsp3) is 0.591. The van der Waals surface area contributed by atoms with Crippen molar-refractivity contribution in [3.8, 4) is 40.0 Å². The zero-order chi connectivity index (χ0) is 81.1. The lowest BCUT2D eigenvalue weighted by Crippen LogP contribution is -2.48. The molecular weight excluding hydrogens is 1530 g/mol. The number of hydrogen-bond donors (Lipinski definition) is 2. The Morgan fingerprint density at radius 2 is 1.09 bits per heavy atom.